The van der Waals surface area contributed by atoms with E-state index in [-0.39, 0.29) is 19.3 Å². The molecule has 0 radical (unpaired) electrons. The van der Waals surface area contributed by atoms with Gasteiger partial charge in [0.25, 0.3) is 0 Å². The molecule has 7 N–H and O–H groups in total. The van der Waals surface area contributed by atoms with Gasteiger partial charge in [0.15, 0.2) is 0 Å². The standard InChI is InChI=1S/C10H16N2O7.C2HF3O2/c11-5(9(16)17)1-3-7(13)12-6(10(18)19)2-4-8(14)15;3-2(4,5)1(6)7/h5-6H,1-4,11H2,(H,12,13)(H,14,15)(H,16,17)(H,18,19);(H,6,7)/t5-,6-;/m0./s1. The van der Waals surface area contributed by atoms with E-state index < -0.39 is 54.5 Å². The highest BCUT2D eigenvalue weighted by Gasteiger charge is 2.38. The maximum absolute atomic E-state index is 11.4. The third-order valence-corrected chi connectivity index (χ3v) is 2.52. The van der Waals surface area contributed by atoms with Crippen LogP contribution in [-0.4, -0.2) is 68.5 Å². The number of hydrogen-bond acceptors (Lipinski definition) is 6. The first-order chi connectivity index (χ1) is 11.7. The molecule has 0 heterocycles. The van der Waals surface area contributed by atoms with E-state index in [1.165, 1.54) is 0 Å². The highest BCUT2D eigenvalue weighted by molar-refractivity contribution is 5.84. The molecule has 0 fully saturated rings. The quantitative estimate of drug-likeness (QED) is 0.290. The summed E-state index contributed by atoms with van der Waals surface area (Å²) < 4.78 is 31.7. The molecule has 150 valence electrons. The average Bonchev–Trinajstić information content (AvgIpc) is 2.47. The van der Waals surface area contributed by atoms with Crippen LogP contribution in [0.5, 0.6) is 0 Å². The average molecular weight is 390 g/mol. The van der Waals surface area contributed by atoms with E-state index in [2.05, 4.69) is 5.32 Å². The van der Waals surface area contributed by atoms with Gasteiger partial charge >= 0.3 is 30.1 Å². The second-order valence-corrected chi connectivity index (χ2v) is 4.68. The highest BCUT2D eigenvalue weighted by atomic mass is 19.4. The minimum absolute atomic E-state index is 0.133. The third-order valence-electron chi connectivity index (χ3n) is 2.52. The third kappa shape index (κ3) is 13.5. The molecular formula is C12H17F3N2O9. The van der Waals surface area contributed by atoms with Gasteiger partial charge in [-0.15, -0.1) is 0 Å². The van der Waals surface area contributed by atoms with Gasteiger partial charge in [-0.25, -0.2) is 9.59 Å². The van der Waals surface area contributed by atoms with E-state index in [1.54, 1.807) is 0 Å². The highest BCUT2D eigenvalue weighted by Crippen LogP contribution is 2.13. The number of nitrogens with two attached hydrogens (primary N) is 1. The van der Waals surface area contributed by atoms with Gasteiger partial charge in [-0.05, 0) is 12.8 Å². The first kappa shape index (κ1) is 25.3. The van der Waals surface area contributed by atoms with Gasteiger partial charge in [0.05, 0.1) is 0 Å². The molecule has 0 aromatic rings. The molecule has 0 unspecified atom stereocenters. The Balaban J connectivity index is 0. The number of carbonyl (C=O) groups is 5. The lowest BCUT2D eigenvalue weighted by Gasteiger charge is -2.14. The number of amides is 1. The molecule has 0 rings (SSSR count). The fourth-order valence-corrected chi connectivity index (χ4v) is 1.20. The Hall–Kier alpha value is -2.90. The van der Waals surface area contributed by atoms with Gasteiger partial charge in [0.1, 0.15) is 12.1 Å². The molecule has 11 nitrogen and oxygen atoms in total. The molecule has 0 aromatic carbocycles. The minimum atomic E-state index is -5.08. The van der Waals surface area contributed by atoms with Crippen molar-refractivity contribution in [1.82, 2.24) is 5.32 Å². The van der Waals surface area contributed by atoms with Crippen LogP contribution in [0.4, 0.5) is 13.2 Å². The van der Waals surface area contributed by atoms with Crippen LogP contribution in [-0.2, 0) is 24.0 Å². The van der Waals surface area contributed by atoms with Crippen molar-refractivity contribution in [3.8, 4) is 0 Å². The first-order valence-electron chi connectivity index (χ1n) is 6.70. The molecule has 0 aliphatic rings. The molecule has 0 aliphatic carbocycles. The second-order valence-electron chi connectivity index (χ2n) is 4.68. The Morgan fingerprint density at radius 2 is 1.35 bits per heavy atom. The summed E-state index contributed by atoms with van der Waals surface area (Å²) in [6.07, 6.45) is -6.11. The van der Waals surface area contributed by atoms with E-state index >= 15 is 0 Å². The SMILES string of the molecule is N[C@@H](CCC(=O)N[C@@H](CCC(=O)O)C(=O)O)C(=O)O.O=C(O)C(F)(F)F. The molecule has 0 spiro atoms. The second kappa shape index (κ2) is 11.6. The Morgan fingerprint density at radius 3 is 1.65 bits per heavy atom. The Bertz CT molecular complexity index is 537. The lowest BCUT2D eigenvalue weighted by molar-refractivity contribution is -0.192. The number of aliphatic carboxylic acids is 4. The molecule has 0 bridgehead atoms. The Morgan fingerprint density at radius 1 is 0.885 bits per heavy atom. The van der Waals surface area contributed by atoms with Gasteiger partial charge in [-0.2, -0.15) is 13.2 Å². The fraction of sp³-hybridized carbons (Fsp3) is 0.583. The molecule has 1 amide bonds. The largest absolute Gasteiger partial charge is 0.490 e. The molecule has 2 atom stereocenters. The molecule has 26 heavy (non-hydrogen) atoms. The van der Waals surface area contributed by atoms with E-state index in [4.69, 9.17) is 31.0 Å². The summed E-state index contributed by atoms with van der Waals surface area (Å²) in [5, 5.41) is 34.9. The number of hydrogen-bond donors (Lipinski definition) is 6. The number of carboxylic acids is 4. The van der Waals surface area contributed by atoms with E-state index in [0.29, 0.717) is 0 Å². The van der Waals surface area contributed by atoms with Crippen LogP contribution in [0.25, 0.3) is 0 Å². The lowest BCUT2D eigenvalue weighted by Crippen LogP contribution is -2.42. The zero-order valence-corrected chi connectivity index (χ0v) is 13.0. The molecule has 14 heteroatoms. The smallest absolute Gasteiger partial charge is 0.481 e. The van der Waals surface area contributed by atoms with Crippen molar-refractivity contribution in [3.05, 3.63) is 0 Å². The van der Waals surface area contributed by atoms with Crippen LogP contribution in [0.15, 0.2) is 0 Å². The van der Waals surface area contributed by atoms with Crippen molar-refractivity contribution in [2.75, 3.05) is 0 Å². The predicted octanol–water partition coefficient (Wildman–Crippen LogP) is -0.754. The fourth-order valence-electron chi connectivity index (χ4n) is 1.20. The zero-order valence-electron chi connectivity index (χ0n) is 13.0. The summed E-state index contributed by atoms with van der Waals surface area (Å²) in [5.74, 6) is -7.22. The lowest BCUT2D eigenvalue weighted by atomic mass is 10.1. The number of carboxylic acid groups (broad SMARTS) is 4. The van der Waals surface area contributed by atoms with E-state index in [9.17, 15) is 32.3 Å². The summed E-state index contributed by atoms with van der Waals surface area (Å²) in [6, 6.07) is -2.52. The van der Waals surface area contributed by atoms with Crippen molar-refractivity contribution < 1.29 is 57.6 Å². The monoisotopic (exact) mass is 390 g/mol. The summed E-state index contributed by atoms with van der Waals surface area (Å²) in [4.78, 5) is 51.7. The molecule has 0 saturated heterocycles. The van der Waals surface area contributed by atoms with Crippen LogP contribution < -0.4 is 11.1 Å². The van der Waals surface area contributed by atoms with Crippen LogP contribution in [0.2, 0.25) is 0 Å². The topological polar surface area (TPSA) is 204 Å². The number of nitrogens with one attached hydrogen (secondary N) is 1. The normalized spacial score (nSPS) is 12.8. The van der Waals surface area contributed by atoms with Crippen LogP contribution in [0, 0.1) is 0 Å². The number of halogens is 3. The Kier molecular flexibility index (Phi) is 11.3. The molecule has 0 aromatic heterocycles. The van der Waals surface area contributed by atoms with Crippen LogP contribution >= 0.6 is 0 Å². The van der Waals surface area contributed by atoms with Crippen molar-refractivity contribution in [3.63, 3.8) is 0 Å². The summed E-state index contributed by atoms with van der Waals surface area (Å²) in [7, 11) is 0. The summed E-state index contributed by atoms with van der Waals surface area (Å²) in [6.45, 7) is 0. The summed E-state index contributed by atoms with van der Waals surface area (Å²) in [5.41, 5.74) is 5.18. The van der Waals surface area contributed by atoms with Gasteiger partial charge < -0.3 is 31.5 Å². The maximum Gasteiger partial charge on any atom is 0.490 e. The van der Waals surface area contributed by atoms with Gasteiger partial charge in [0.2, 0.25) is 5.91 Å². The van der Waals surface area contributed by atoms with Gasteiger partial charge in [-0.3, -0.25) is 14.4 Å². The van der Waals surface area contributed by atoms with E-state index in [0.717, 1.165) is 0 Å². The Labute approximate surface area is 143 Å². The van der Waals surface area contributed by atoms with Crippen LogP contribution in [0.1, 0.15) is 25.7 Å². The summed E-state index contributed by atoms with van der Waals surface area (Å²) >= 11 is 0. The minimum Gasteiger partial charge on any atom is -0.481 e. The molecule has 0 aliphatic heterocycles. The van der Waals surface area contributed by atoms with Crippen LogP contribution in [0.3, 0.4) is 0 Å². The molecule has 0 saturated carbocycles. The van der Waals surface area contributed by atoms with Crippen molar-refractivity contribution in [2.24, 2.45) is 5.73 Å². The van der Waals surface area contributed by atoms with E-state index in [1.807, 2.05) is 0 Å². The van der Waals surface area contributed by atoms with Gasteiger partial charge in [-0.1, -0.05) is 0 Å². The zero-order chi connectivity index (χ0) is 21.1. The number of carbonyl (C=O) groups excluding carboxylic acids is 1. The predicted molar refractivity (Wildman–Crippen MR) is 75.0 cm³/mol. The van der Waals surface area contributed by atoms with Crippen molar-refractivity contribution in [2.45, 2.75) is 43.9 Å². The van der Waals surface area contributed by atoms with Crippen molar-refractivity contribution >= 4 is 29.8 Å². The number of rotatable bonds is 9. The van der Waals surface area contributed by atoms with Crippen molar-refractivity contribution in [1.29, 1.82) is 0 Å². The maximum atomic E-state index is 11.4. The number of alkyl halides is 3. The molecular weight excluding hydrogens is 373 g/mol. The first-order valence-corrected chi connectivity index (χ1v) is 6.70. The van der Waals surface area contributed by atoms with Gasteiger partial charge in [0, 0.05) is 12.8 Å².